The van der Waals surface area contributed by atoms with Crippen LogP contribution in [0.4, 0.5) is 8.78 Å². The Labute approximate surface area is 81.4 Å². The summed E-state index contributed by atoms with van der Waals surface area (Å²) in [6.07, 6.45) is 1.29. The van der Waals surface area contributed by atoms with Crippen molar-refractivity contribution in [2.45, 2.75) is 24.6 Å². The standard InChI is InChI=1S/C10H12F2N2/c1-13-10(5-7(11)6-10)9-8(12)3-2-4-14-9/h2-4,7,13H,5-6H2,1H3. The third-order valence-corrected chi connectivity index (χ3v) is 2.83. The largest absolute Gasteiger partial charge is 0.309 e. The Morgan fingerprint density at radius 2 is 2.29 bits per heavy atom. The normalized spacial score (nSPS) is 31.2. The van der Waals surface area contributed by atoms with Gasteiger partial charge in [0.05, 0.1) is 11.2 Å². The van der Waals surface area contributed by atoms with Crippen LogP contribution in [-0.4, -0.2) is 18.2 Å². The lowest BCUT2D eigenvalue weighted by atomic mass is 9.72. The van der Waals surface area contributed by atoms with Gasteiger partial charge in [-0.2, -0.15) is 0 Å². The van der Waals surface area contributed by atoms with Gasteiger partial charge in [-0.3, -0.25) is 4.98 Å². The molecule has 1 saturated carbocycles. The first-order valence-corrected chi connectivity index (χ1v) is 4.62. The summed E-state index contributed by atoms with van der Waals surface area (Å²) >= 11 is 0. The molecule has 0 spiro atoms. The van der Waals surface area contributed by atoms with Gasteiger partial charge in [0.25, 0.3) is 0 Å². The van der Waals surface area contributed by atoms with Crippen molar-refractivity contribution in [1.29, 1.82) is 0 Å². The number of alkyl halides is 1. The molecule has 1 aromatic rings. The van der Waals surface area contributed by atoms with Gasteiger partial charge < -0.3 is 5.32 Å². The van der Waals surface area contributed by atoms with Crippen molar-refractivity contribution in [2.24, 2.45) is 0 Å². The highest BCUT2D eigenvalue weighted by atomic mass is 19.1. The van der Waals surface area contributed by atoms with E-state index in [0.29, 0.717) is 18.5 Å². The van der Waals surface area contributed by atoms with Crippen LogP contribution in [0.15, 0.2) is 18.3 Å². The van der Waals surface area contributed by atoms with Crippen LogP contribution in [0.5, 0.6) is 0 Å². The van der Waals surface area contributed by atoms with Crippen LogP contribution in [-0.2, 0) is 5.54 Å². The summed E-state index contributed by atoms with van der Waals surface area (Å²) in [6, 6.07) is 2.89. The number of nitrogens with one attached hydrogen (secondary N) is 1. The van der Waals surface area contributed by atoms with E-state index < -0.39 is 11.7 Å². The van der Waals surface area contributed by atoms with Crippen molar-refractivity contribution in [1.82, 2.24) is 10.3 Å². The topological polar surface area (TPSA) is 24.9 Å². The van der Waals surface area contributed by atoms with E-state index in [1.807, 2.05) is 0 Å². The molecule has 0 aliphatic heterocycles. The summed E-state index contributed by atoms with van der Waals surface area (Å²) < 4.78 is 26.2. The number of hydrogen-bond acceptors (Lipinski definition) is 2. The molecule has 0 bridgehead atoms. The third kappa shape index (κ3) is 1.30. The maximum atomic E-state index is 13.4. The fourth-order valence-corrected chi connectivity index (χ4v) is 1.95. The number of nitrogens with zero attached hydrogens (tertiary/aromatic N) is 1. The van der Waals surface area contributed by atoms with Crippen LogP contribution in [0, 0.1) is 5.82 Å². The Bertz CT molecular complexity index is 335. The molecule has 1 aromatic heterocycles. The molecular formula is C10H12F2N2. The van der Waals surface area contributed by atoms with E-state index in [1.54, 1.807) is 7.05 Å². The Hall–Kier alpha value is -1.03. The zero-order valence-electron chi connectivity index (χ0n) is 7.93. The van der Waals surface area contributed by atoms with E-state index in [4.69, 9.17) is 0 Å². The fourth-order valence-electron chi connectivity index (χ4n) is 1.95. The zero-order valence-corrected chi connectivity index (χ0v) is 7.93. The summed E-state index contributed by atoms with van der Waals surface area (Å²) in [5.41, 5.74) is -0.262. The van der Waals surface area contributed by atoms with Crippen LogP contribution in [0.25, 0.3) is 0 Å². The second kappa shape index (κ2) is 3.28. The molecule has 0 radical (unpaired) electrons. The third-order valence-electron chi connectivity index (χ3n) is 2.83. The van der Waals surface area contributed by atoms with Gasteiger partial charge >= 0.3 is 0 Å². The second-order valence-electron chi connectivity index (χ2n) is 3.67. The molecule has 1 heterocycles. The number of rotatable bonds is 2. The fraction of sp³-hybridized carbons (Fsp3) is 0.500. The van der Waals surface area contributed by atoms with E-state index >= 15 is 0 Å². The minimum absolute atomic E-state index is 0.303. The molecule has 0 saturated heterocycles. The molecule has 0 amide bonds. The molecule has 1 fully saturated rings. The van der Waals surface area contributed by atoms with Gasteiger partial charge in [0.1, 0.15) is 12.0 Å². The molecule has 1 aliphatic carbocycles. The van der Waals surface area contributed by atoms with Crippen LogP contribution in [0.3, 0.4) is 0 Å². The van der Waals surface area contributed by atoms with Gasteiger partial charge in [0.2, 0.25) is 0 Å². The molecular weight excluding hydrogens is 186 g/mol. The highest BCUT2D eigenvalue weighted by Crippen LogP contribution is 2.42. The molecule has 0 aromatic carbocycles. The van der Waals surface area contributed by atoms with Crippen LogP contribution >= 0.6 is 0 Å². The van der Waals surface area contributed by atoms with Gasteiger partial charge in [0.15, 0.2) is 0 Å². The van der Waals surface area contributed by atoms with Crippen molar-refractivity contribution in [3.8, 4) is 0 Å². The van der Waals surface area contributed by atoms with Crippen molar-refractivity contribution >= 4 is 0 Å². The minimum Gasteiger partial charge on any atom is -0.309 e. The van der Waals surface area contributed by atoms with Gasteiger partial charge in [0, 0.05) is 19.0 Å². The monoisotopic (exact) mass is 198 g/mol. The zero-order chi connectivity index (χ0) is 10.2. The van der Waals surface area contributed by atoms with E-state index in [1.165, 1.54) is 18.3 Å². The average molecular weight is 198 g/mol. The summed E-state index contributed by atoms with van der Waals surface area (Å²) in [5, 5.41) is 2.96. The summed E-state index contributed by atoms with van der Waals surface area (Å²) in [4.78, 5) is 3.97. The SMILES string of the molecule is CNC1(c2ncccc2F)CC(F)C1. The smallest absolute Gasteiger partial charge is 0.146 e. The van der Waals surface area contributed by atoms with Gasteiger partial charge in [-0.05, 0) is 19.2 Å². The molecule has 4 heteroatoms. The lowest BCUT2D eigenvalue weighted by Crippen LogP contribution is -2.53. The highest BCUT2D eigenvalue weighted by molar-refractivity contribution is 5.22. The molecule has 76 valence electrons. The Morgan fingerprint density at radius 3 is 2.79 bits per heavy atom. The lowest BCUT2D eigenvalue weighted by Gasteiger charge is -2.43. The van der Waals surface area contributed by atoms with Gasteiger partial charge in [-0.25, -0.2) is 8.78 Å². The van der Waals surface area contributed by atoms with Crippen molar-refractivity contribution < 1.29 is 8.78 Å². The van der Waals surface area contributed by atoms with Crippen molar-refractivity contribution in [3.63, 3.8) is 0 Å². The molecule has 1 N–H and O–H groups in total. The predicted octanol–water partition coefficient (Wildman–Crippen LogP) is 1.77. The molecule has 2 rings (SSSR count). The van der Waals surface area contributed by atoms with Crippen molar-refractivity contribution in [3.05, 3.63) is 29.8 Å². The van der Waals surface area contributed by atoms with E-state index in [9.17, 15) is 8.78 Å². The lowest BCUT2D eigenvalue weighted by molar-refractivity contribution is 0.0651. The summed E-state index contributed by atoms with van der Waals surface area (Å²) in [7, 11) is 1.71. The number of hydrogen-bond donors (Lipinski definition) is 1. The first-order valence-electron chi connectivity index (χ1n) is 4.62. The van der Waals surface area contributed by atoms with E-state index in [2.05, 4.69) is 10.3 Å². The number of pyridine rings is 1. The Kier molecular flexibility index (Phi) is 2.23. The second-order valence-corrected chi connectivity index (χ2v) is 3.67. The summed E-state index contributed by atoms with van der Waals surface area (Å²) in [5.74, 6) is -0.367. The van der Waals surface area contributed by atoms with Crippen molar-refractivity contribution in [2.75, 3.05) is 7.05 Å². The predicted molar refractivity (Wildman–Crippen MR) is 49.1 cm³/mol. The van der Waals surface area contributed by atoms with Crippen LogP contribution in [0.1, 0.15) is 18.5 Å². The van der Waals surface area contributed by atoms with E-state index in [-0.39, 0.29) is 5.82 Å². The quantitative estimate of drug-likeness (QED) is 0.783. The molecule has 14 heavy (non-hydrogen) atoms. The van der Waals surface area contributed by atoms with Gasteiger partial charge in [-0.15, -0.1) is 0 Å². The van der Waals surface area contributed by atoms with Crippen LogP contribution in [0.2, 0.25) is 0 Å². The maximum absolute atomic E-state index is 13.4. The number of halogens is 2. The maximum Gasteiger partial charge on any atom is 0.146 e. The average Bonchev–Trinajstić information content (AvgIpc) is 2.14. The van der Waals surface area contributed by atoms with E-state index in [0.717, 1.165) is 0 Å². The Morgan fingerprint density at radius 1 is 1.57 bits per heavy atom. The van der Waals surface area contributed by atoms with Crippen LogP contribution < -0.4 is 5.32 Å². The first-order chi connectivity index (χ1) is 6.68. The minimum atomic E-state index is -0.844. The Balaban J connectivity index is 2.34. The number of aromatic nitrogens is 1. The molecule has 1 aliphatic rings. The summed E-state index contributed by atoms with van der Waals surface area (Å²) in [6.45, 7) is 0. The molecule has 2 nitrogen and oxygen atoms in total. The van der Waals surface area contributed by atoms with Gasteiger partial charge in [-0.1, -0.05) is 0 Å². The first kappa shape index (κ1) is 9.52. The molecule has 0 unspecified atom stereocenters. The molecule has 0 atom stereocenters. The highest BCUT2D eigenvalue weighted by Gasteiger charge is 2.47.